The average molecular weight is 345 g/mol. The standard InChI is InChI=1S/C17H12FNO4S/c18-12-5-6-14-11(7-12)8-15(23-14)24(22)19-9-10-3-1-2-4-13(10)16(19)17(20)21/h1-8,16H,9H2,(H,20,21). The SMILES string of the molecule is O=C(O)C1c2ccccc2CN1S(=O)c1cc2cc(F)ccc2o1. The van der Waals surface area contributed by atoms with E-state index in [4.69, 9.17) is 4.42 Å². The van der Waals surface area contributed by atoms with Gasteiger partial charge in [-0.15, -0.1) is 0 Å². The van der Waals surface area contributed by atoms with Gasteiger partial charge >= 0.3 is 5.97 Å². The van der Waals surface area contributed by atoms with E-state index in [1.54, 1.807) is 12.1 Å². The van der Waals surface area contributed by atoms with Gasteiger partial charge < -0.3 is 9.52 Å². The van der Waals surface area contributed by atoms with Gasteiger partial charge in [0.25, 0.3) is 0 Å². The number of hydrogen-bond donors (Lipinski definition) is 1. The van der Waals surface area contributed by atoms with Crippen LogP contribution in [0.5, 0.6) is 0 Å². The summed E-state index contributed by atoms with van der Waals surface area (Å²) in [5, 5.41) is 10.1. The van der Waals surface area contributed by atoms with Crippen molar-refractivity contribution in [1.29, 1.82) is 0 Å². The Labute approximate surface area is 138 Å². The summed E-state index contributed by atoms with van der Waals surface area (Å²) in [5.41, 5.74) is 1.85. The van der Waals surface area contributed by atoms with Crippen LogP contribution < -0.4 is 0 Å². The molecule has 1 aromatic heterocycles. The molecule has 0 spiro atoms. The molecule has 2 heterocycles. The molecule has 0 saturated carbocycles. The van der Waals surface area contributed by atoms with Crippen molar-refractivity contribution in [3.63, 3.8) is 0 Å². The van der Waals surface area contributed by atoms with Crippen LogP contribution in [0.4, 0.5) is 4.39 Å². The number of furan rings is 1. The summed E-state index contributed by atoms with van der Waals surface area (Å²) < 4.78 is 33.0. The Morgan fingerprint density at radius 3 is 2.83 bits per heavy atom. The second-order valence-electron chi connectivity index (χ2n) is 5.51. The lowest BCUT2D eigenvalue weighted by molar-refractivity contribution is -0.141. The van der Waals surface area contributed by atoms with E-state index >= 15 is 0 Å². The van der Waals surface area contributed by atoms with Crippen molar-refractivity contribution >= 4 is 27.9 Å². The number of carboxylic acids is 1. The third-order valence-electron chi connectivity index (χ3n) is 4.04. The monoisotopic (exact) mass is 345 g/mol. The maximum absolute atomic E-state index is 13.3. The van der Waals surface area contributed by atoms with Crippen molar-refractivity contribution in [1.82, 2.24) is 4.31 Å². The molecule has 2 atom stereocenters. The minimum Gasteiger partial charge on any atom is -0.480 e. The van der Waals surface area contributed by atoms with Crippen LogP contribution >= 0.6 is 0 Å². The Balaban J connectivity index is 1.74. The summed E-state index contributed by atoms with van der Waals surface area (Å²) in [6.07, 6.45) is 0. The van der Waals surface area contributed by atoms with Gasteiger partial charge in [0.1, 0.15) is 17.4 Å². The van der Waals surface area contributed by atoms with Gasteiger partial charge in [0, 0.05) is 18.0 Å². The number of hydrogen-bond acceptors (Lipinski definition) is 3. The van der Waals surface area contributed by atoms with E-state index in [-0.39, 0.29) is 11.6 Å². The first-order valence-corrected chi connectivity index (χ1v) is 8.33. The Morgan fingerprint density at radius 1 is 1.25 bits per heavy atom. The number of carboxylic acid groups (broad SMARTS) is 1. The Kier molecular flexibility index (Phi) is 3.47. The molecule has 0 aliphatic carbocycles. The van der Waals surface area contributed by atoms with Crippen LogP contribution in [0.2, 0.25) is 0 Å². The average Bonchev–Trinajstić information content (AvgIpc) is 3.14. The van der Waals surface area contributed by atoms with E-state index in [9.17, 15) is 18.5 Å². The zero-order chi connectivity index (χ0) is 16.8. The first-order valence-electron chi connectivity index (χ1n) is 7.23. The third-order valence-corrected chi connectivity index (χ3v) is 5.35. The normalized spacial score (nSPS) is 18.6. The molecule has 5 nitrogen and oxygen atoms in total. The summed E-state index contributed by atoms with van der Waals surface area (Å²) in [6, 6.07) is 11.6. The highest BCUT2D eigenvalue weighted by Crippen LogP contribution is 2.37. The van der Waals surface area contributed by atoms with Crippen molar-refractivity contribution in [2.45, 2.75) is 17.7 Å². The first-order chi connectivity index (χ1) is 11.5. The van der Waals surface area contributed by atoms with Crippen molar-refractivity contribution in [2.75, 3.05) is 0 Å². The number of nitrogens with zero attached hydrogens (tertiary/aromatic N) is 1. The molecule has 1 aliphatic heterocycles. The zero-order valence-corrected chi connectivity index (χ0v) is 13.1. The van der Waals surface area contributed by atoms with Crippen LogP contribution in [0, 0.1) is 5.82 Å². The summed E-state index contributed by atoms with van der Waals surface area (Å²) in [4.78, 5) is 11.7. The second-order valence-corrected chi connectivity index (χ2v) is 6.88. The number of rotatable bonds is 3. The van der Waals surface area contributed by atoms with Gasteiger partial charge in [-0.3, -0.25) is 4.79 Å². The topological polar surface area (TPSA) is 70.8 Å². The predicted octanol–water partition coefficient (Wildman–Crippen LogP) is 3.24. The van der Waals surface area contributed by atoms with E-state index in [0.717, 1.165) is 5.56 Å². The van der Waals surface area contributed by atoms with Gasteiger partial charge in [-0.1, -0.05) is 24.3 Å². The molecule has 0 radical (unpaired) electrons. The smallest absolute Gasteiger partial charge is 0.326 e. The van der Waals surface area contributed by atoms with Gasteiger partial charge in [-0.05, 0) is 29.3 Å². The number of halogens is 1. The van der Waals surface area contributed by atoms with Crippen molar-refractivity contribution in [3.8, 4) is 0 Å². The summed E-state index contributed by atoms with van der Waals surface area (Å²) in [5.74, 6) is -1.49. The first kappa shape index (κ1) is 15.0. The number of fused-ring (bicyclic) bond motifs is 2. The van der Waals surface area contributed by atoms with E-state index < -0.39 is 28.8 Å². The number of benzene rings is 2. The fourth-order valence-corrected chi connectivity index (χ4v) is 4.23. The van der Waals surface area contributed by atoms with Gasteiger partial charge in [-0.2, -0.15) is 4.31 Å². The lowest BCUT2D eigenvalue weighted by atomic mass is 10.1. The molecule has 4 rings (SSSR count). The number of carbonyl (C=O) groups is 1. The van der Waals surface area contributed by atoms with Gasteiger partial charge in [0.15, 0.2) is 11.0 Å². The van der Waals surface area contributed by atoms with Crippen LogP contribution in [-0.4, -0.2) is 19.6 Å². The molecule has 2 unspecified atom stereocenters. The van der Waals surface area contributed by atoms with Crippen molar-refractivity contribution < 1.29 is 22.9 Å². The summed E-state index contributed by atoms with van der Waals surface area (Å²) in [7, 11) is -1.81. The highest BCUT2D eigenvalue weighted by atomic mass is 32.2. The van der Waals surface area contributed by atoms with Crippen molar-refractivity contribution in [2.24, 2.45) is 0 Å². The predicted molar refractivity (Wildman–Crippen MR) is 84.9 cm³/mol. The quantitative estimate of drug-likeness (QED) is 0.791. The fraction of sp³-hybridized carbons (Fsp3) is 0.118. The second kappa shape index (κ2) is 5.54. The Bertz CT molecular complexity index is 984. The largest absolute Gasteiger partial charge is 0.480 e. The molecular weight excluding hydrogens is 333 g/mol. The molecule has 0 saturated heterocycles. The molecule has 0 fully saturated rings. The number of aliphatic carboxylic acids is 1. The third kappa shape index (κ3) is 2.33. The Morgan fingerprint density at radius 2 is 2.04 bits per heavy atom. The van der Waals surface area contributed by atoms with E-state index in [1.807, 2.05) is 12.1 Å². The van der Waals surface area contributed by atoms with Crippen LogP contribution in [0.15, 0.2) is 58.0 Å². The van der Waals surface area contributed by atoms with Crippen LogP contribution in [0.3, 0.4) is 0 Å². The summed E-state index contributed by atoms with van der Waals surface area (Å²) >= 11 is 0. The zero-order valence-electron chi connectivity index (χ0n) is 12.3. The van der Waals surface area contributed by atoms with Crippen LogP contribution in [-0.2, 0) is 22.3 Å². The molecule has 0 bridgehead atoms. The van der Waals surface area contributed by atoms with Gasteiger partial charge in [-0.25, -0.2) is 8.60 Å². The molecular formula is C17H12FNO4S. The van der Waals surface area contributed by atoms with Crippen LogP contribution in [0.1, 0.15) is 17.2 Å². The molecule has 3 aromatic rings. The van der Waals surface area contributed by atoms with E-state index in [0.29, 0.717) is 16.5 Å². The van der Waals surface area contributed by atoms with Crippen LogP contribution in [0.25, 0.3) is 11.0 Å². The molecule has 122 valence electrons. The lowest BCUT2D eigenvalue weighted by Crippen LogP contribution is -2.29. The highest BCUT2D eigenvalue weighted by molar-refractivity contribution is 7.82. The van der Waals surface area contributed by atoms with Gasteiger partial charge in [0.05, 0.1) is 0 Å². The molecule has 0 amide bonds. The van der Waals surface area contributed by atoms with E-state index in [2.05, 4.69) is 0 Å². The van der Waals surface area contributed by atoms with Crippen molar-refractivity contribution in [3.05, 3.63) is 65.5 Å². The van der Waals surface area contributed by atoms with Gasteiger partial charge in [0.2, 0.25) is 5.09 Å². The molecule has 1 aliphatic rings. The maximum atomic E-state index is 13.3. The minimum atomic E-state index is -1.81. The Hall–Kier alpha value is -2.51. The minimum absolute atomic E-state index is 0.106. The molecule has 1 N–H and O–H groups in total. The lowest BCUT2D eigenvalue weighted by Gasteiger charge is -2.18. The van der Waals surface area contributed by atoms with E-state index in [1.165, 1.54) is 28.6 Å². The maximum Gasteiger partial charge on any atom is 0.326 e. The molecule has 2 aromatic carbocycles. The summed E-state index contributed by atoms with van der Waals surface area (Å²) in [6.45, 7) is 0.241. The molecule has 24 heavy (non-hydrogen) atoms. The fourth-order valence-electron chi connectivity index (χ4n) is 2.96. The highest BCUT2D eigenvalue weighted by Gasteiger charge is 2.40. The molecule has 7 heteroatoms.